The quantitative estimate of drug-likeness (QED) is 0.659. The van der Waals surface area contributed by atoms with Gasteiger partial charge >= 0.3 is 0 Å². The molecule has 6 heteroatoms. The van der Waals surface area contributed by atoms with Gasteiger partial charge < -0.3 is 5.32 Å². The Kier molecular flexibility index (Phi) is 8.02. The summed E-state index contributed by atoms with van der Waals surface area (Å²) in [5.74, 6) is 0.447. The van der Waals surface area contributed by atoms with E-state index < -0.39 is 10.2 Å². The molecule has 1 rings (SSSR count). The van der Waals surface area contributed by atoms with Crippen LogP contribution in [0.15, 0.2) is 0 Å². The third-order valence-electron chi connectivity index (χ3n) is 3.96. The van der Waals surface area contributed by atoms with Crippen molar-refractivity contribution in [3.63, 3.8) is 0 Å². The second-order valence-electron chi connectivity index (χ2n) is 5.71. The normalized spacial score (nSPS) is 21.5. The van der Waals surface area contributed by atoms with Crippen molar-refractivity contribution in [1.29, 1.82) is 0 Å². The molecule has 0 spiro atoms. The molecule has 1 aliphatic heterocycles. The van der Waals surface area contributed by atoms with E-state index in [0.717, 1.165) is 45.2 Å². The molecule has 0 aliphatic carbocycles. The van der Waals surface area contributed by atoms with Crippen molar-refractivity contribution in [2.45, 2.75) is 46.0 Å². The molecule has 0 radical (unpaired) electrons. The van der Waals surface area contributed by atoms with E-state index in [0.29, 0.717) is 25.6 Å². The fourth-order valence-corrected chi connectivity index (χ4v) is 4.16. The lowest BCUT2D eigenvalue weighted by atomic mass is 10.00. The van der Waals surface area contributed by atoms with Crippen LogP contribution in [0.25, 0.3) is 0 Å². The first-order valence-corrected chi connectivity index (χ1v) is 9.34. The third kappa shape index (κ3) is 5.31. The van der Waals surface area contributed by atoms with Crippen LogP contribution in [0, 0.1) is 5.92 Å². The van der Waals surface area contributed by atoms with Gasteiger partial charge in [-0.15, -0.1) is 0 Å². The van der Waals surface area contributed by atoms with Gasteiger partial charge in [0.05, 0.1) is 0 Å². The van der Waals surface area contributed by atoms with Crippen molar-refractivity contribution < 1.29 is 8.42 Å². The minimum Gasteiger partial charge on any atom is -0.317 e. The van der Waals surface area contributed by atoms with Gasteiger partial charge in [-0.1, -0.05) is 26.7 Å². The molecule has 0 bridgehead atoms. The summed E-state index contributed by atoms with van der Waals surface area (Å²) in [6, 6.07) is 0. The van der Waals surface area contributed by atoms with Crippen molar-refractivity contribution in [2.24, 2.45) is 5.92 Å². The molecule has 1 fully saturated rings. The van der Waals surface area contributed by atoms with Crippen LogP contribution in [0.5, 0.6) is 0 Å². The fourth-order valence-electron chi connectivity index (χ4n) is 2.65. The fraction of sp³-hybridized carbons (Fsp3) is 1.00. The number of nitrogens with zero attached hydrogens (tertiary/aromatic N) is 2. The van der Waals surface area contributed by atoms with E-state index >= 15 is 0 Å². The molecule has 0 aromatic carbocycles. The third-order valence-corrected chi connectivity index (χ3v) is 5.92. The molecule has 120 valence electrons. The average molecular weight is 305 g/mol. The summed E-state index contributed by atoms with van der Waals surface area (Å²) >= 11 is 0. The standard InChI is InChI=1S/C14H31N3O2S/c1-4-6-7-10-16(3)20(18,19)17-11-8-9-14(13-17)12-15-5-2/h14-15H,4-13H2,1-3H3. The van der Waals surface area contributed by atoms with Gasteiger partial charge in [-0.3, -0.25) is 0 Å². The van der Waals surface area contributed by atoms with Crippen LogP contribution < -0.4 is 5.32 Å². The number of rotatable bonds is 9. The molecule has 20 heavy (non-hydrogen) atoms. The number of hydrogen-bond donors (Lipinski definition) is 1. The highest BCUT2D eigenvalue weighted by Crippen LogP contribution is 2.20. The van der Waals surface area contributed by atoms with E-state index in [-0.39, 0.29) is 0 Å². The predicted octanol–water partition coefficient (Wildman–Crippen LogP) is 1.67. The zero-order valence-corrected chi connectivity index (χ0v) is 14.1. The van der Waals surface area contributed by atoms with Crippen LogP contribution in [0.2, 0.25) is 0 Å². The highest BCUT2D eigenvalue weighted by molar-refractivity contribution is 7.86. The number of unbranched alkanes of at least 4 members (excludes halogenated alkanes) is 2. The first kappa shape index (κ1) is 17.9. The Hall–Kier alpha value is -0.170. The van der Waals surface area contributed by atoms with Crippen molar-refractivity contribution in [1.82, 2.24) is 13.9 Å². The highest BCUT2D eigenvalue weighted by Gasteiger charge is 2.31. The topological polar surface area (TPSA) is 52.7 Å². The van der Waals surface area contributed by atoms with Crippen LogP contribution in [0.3, 0.4) is 0 Å². The number of nitrogens with one attached hydrogen (secondary N) is 1. The van der Waals surface area contributed by atoms with Crippen LogP contribution in [0.1, 0.15) is 46.0 Å². The maximum absolute atomic E-state index is 12.5. The van der Waals surface area contributed by atoms with E-state index in [1.54, 1.807) is 11.4 Å². The van der Waals surface area contributed by atoms with Crippen LogP contribution in [-0.4, -0.2) is 56.8 Å². The second-order valence-corrected chi connectivity index (χ2v) is 7.75. The molecular formula is C14H31N3O2S. The molecule has 0 saturated carbocycles. The van der Waals surface area contributed by atoms with E-state index in [1.165, 1.54) is 4.31 Å². The van der Waals surface area contributed by atoms with Crippen molar-refractivity contribution in [2.75, 3.05) is 39.8 Å². The molecule has 0 amide bonds. The molecule has 1 aliphatic rings. The lowest BCUT2D eigenvalue weighted by Crippen LogP contribution is -2.48. The monoisotopic (exact) mass is 305 g/mol. The van der Waals surface area contributed by atoms with Gasteiger partial charge in [0.15, 0.2) is 0 Å². The maximum atomic E-state index is 12.5. The van der Waals surface area contributed by atoms with Crippen molar-refractivity contribution in [3.8, 4) is 0 Å². The van der Waals surface area contributed by atoms with Gasteiger partial charge in [-0.25, -0.2) is 0 Å². The van der Waals surface area contributed by atoms with Gasteiger partial charge in [0.1, 0.15) is 0 Å². The summed E-state index contributed by atoms with van der Waals surface area (Å²) in [6.07, 6.45) is 5.24. The van der Waals surface area contributed by atoms with Gasteiger partial charge in [0.25, 0.3) is 10.2 Å². The predicted molar refractivity (Wildman–Crippen MR) is 83.9 cm³/mol. The first-order chi connectivity index (χ1) is 9.52. The number of piperidine rings is 1. The minimum absolute atomic E-state index is 0.447. The smallest absolute Gasteiger partial charge is 0.281 e. The molecule has 1 saturated heterocycles. The number of hydrogen-bond acceptors (Lipinski definition) is 3. The Morgan fingerprint density at radius 3 is 2.70 bits per heavy atom. The largest absolute Gasteiger partial charge is 0.317 e. The van der Waals surface area contributed by atoms with Crippen molar-refractivity contribution in [3.05, 3.63) is 0 Å². The van der Waals surface area contributed by atoms with E-state index in [4.69, 9.17) is 0 Å². The van der Waals surface area contributed by atoms with Gasteiger partial charge in [-0.2, -0.15) is 17.0 Å². The summed E-state index contributed by atoms with van der Waals surface area (Å²) in [7, 11) is -1.55. The Balaban J connectivity index is 2.52. The zero-order chi connectivity index (χ0) is 15.0. The summed E-state index contributed by atoms with van der Waals surface area (Å²) in [5.41, 5.74) is 0. The lowest BCUT2D eigenvalue weighted by Gasteiger charge is -2.34. The van der Waals surface area contributed by atoms with E-state index in [2.05, 4.69) is 19.2 Å². The molecular weight excluding hydrogens is 274 g/mol. The highest BCUT2D eigenvalue weighted by atomic mass is 32.2. The Morgan fingerprint density at radius 2 is 2.05 bits per heavy atom. The van der Waals surface area contributed by atoms with Crippen molar-refractivity contribution >= 4 is 10.2 Å². The average Bonchev–Trinajstić information content (AvgIpc) is 2.45. The molecule has 5 nitrogen and oxygen atoms in total. The Labute approximate surface area is 124 Å². The molecule has 1 unspecified atom stereocenters. The lowest BCUT2D eigenvalue weighted by molar-refractivity contribution is 0.246. The SMILES string of the molecule is CCCCCN(C)S(=O)(=O)N1CCCC(CNCC)C1. The summed E-state index contributed by atoms with van der Waals surface area (Å²) in [4.78, 5) is 0. The van der Waals surface area contributed by atoms with Crippen LogP contribution in [0.4, 0.5) is 0 Å². The first-order valence-electron chi connectivity index (χ1n) is 7.94. The molecule has 0 aromatic heterocycles. The maximum Gasteiger partial charge on any atom is 0.281 e. The van der Waals surface area contributed by atoms with Gasteiger partial charge in [-0.05, 0) is 38.3 Å². The Bertz CT molecular complexity index is 359. The minimum atomic E-state index is -3.26. The molecule has 0 aromatic rings. The molecule has 1 atom stereocenters. The van der Waals surface area contributed by atoms with Crippen LogP contribution in [-0.2, 0) is 10.2 Å². The molecule has 1 heterocycles. The summed E-state index contributed by atoms with van der Waals surface area (Å²) in [6.45, 7) is 8.03. The summed E-state index contributed by atoms with van der Waals surface area (Å²) in [5, 5.41) is 3.33. The summed E-state index contributed by atoms with van der Waals surface area (Å²) < 4.78 is 28.3. The Morgan fingerprint density at radius 1 is 1.30 bits per heavy atom. The zero-order valence-electron chi connectivity index (χ0n) is 13.3. The van der Waals surface area contributed by atoms with E-state index in [1.807, 2.05) is 0 Å². The van der Waals surface area contributed by atoms with E-state index in [9.17, 15) is 8.42 Å². The second kappa shape index (κ2) is 8.97. The molecule has 1 N–H and O–H groups in total. The van der Waals surface area contributed by atoms with Crippen LogP contribution >= 0.6 is 0 Å². The van der Waals surface area contributed by atoms with Gasteiger partial charge in [0, 0.05) is 26.7 Å². The van der Waals surface area contributed by atoms with Gasteiger partial charge in [0.2, 0.25) is 0 Å².